The standard InChI is InChI=1S/C19H22N2O2/c20-19(22)23-14-17-12-7-13-21(17)18(15-8-3-1-4-9-15)16-10-5-2-6-11-16/h1-6,8-11,17-18H,7,12-14H2,(H2,20,22). The number of likely N-dealkylation sites (tertiary alicyclic amines) is 1. The van der Waals surface area contributed by atoms with Crippen LogP contribution < -0.4 is 5.73 Å². The first-order valence-corrected chi connectivity index (χ1v) is 8.03. The van der Waals surface area contributed by atoms with Crippen molar-refractivity contribution in [3.8, 4) is 0 Å². The lowest BCUT2D eigenvalue weighted by Crippen LogP contribution is -2.38. The van der Waals surface area contributed by atoms with E-state index in [2.05, 4.69) is 53.4 Å². The minimum absolute atomic E-state index is 0.168. The summed E-state index contributed by atoms with van der Waals surface area (Å²) in [7, 11) is 0. The van der Waals surface area contributed by atoms with E-state index in [1.165, 1.54) is 11.1 Å². The Hall–Kier alpha value is -2.33. The Morgan fingerprint density at radius 3 is 2.17 bits per heavy atom. The van der Waals surface area contributed by atoms with E-state index in [1.54, 1.807) is 0 Å². The highest BCUT2D eigenvalue weighted by atomic mass is 16.5. The third-order valence-electron chi connectivity index (χ3n) is 4.40. The third-order valence-corrected chi connectivity index (χ3v) is 4.40. The fraction of sp³-hybridized carbons (Fsp3) is 0.316. The number of hydrogen-bond donors (Lipinski definition) is 1. The molecule has 3 rings (SSSR count). The molecule has 1 unspecified atom stereocenters. The van der Waals surface area contributed by atoms with Crippen molar-refractivity contribution < 1.29 is 9.53 Å². The Kier molecular flexibility index (Phi) is 4.93. The van der Waals surface area contributed by atoms with Gasteiger partial charge in [-0.05, 0) is 30.5 Å². The van der Waals surface area contributed by atoms with E-state index in [-0.39, 0.29) is 12.1 Å². The summed E-state index contributed by atoms with van der Waals surface area (Å²) in [5, 5.41) is 0. The largest absolute Gasteiger partial charge is 0.448 e. The number of primary amides is 1. The zero-order chi connectivity index (χ0) is 16.1. The van der Waals surface area contributed by atoms with Gasteiger partial charge in [0.1, 0.15) is 6.61 Å². The van der Waals surface area contributed by atoms with Crippen LogP contribution in [0.5, 0.6) is 0 Å². The molecule has 2 aromatic rings. The molecule has 4 heteroatoms. The first kappa shape index (κ1) is 15.6. The molecule has 0 radical (unpaired) electrons. The van der Waals surface area contributed by atoms with Gasteiger partial charge in [0.05, 0.1) is 6.04 Å². The fourth-order valence-electron chi connectivity index (χ4n) is 3.40. The molecule has 0 saturated carbocycles. The molecule has 4 nitrogen and oxygen atoms in total. The summed E-state index contributed by atoms with van der Waals surface area (Å²) in [5.41, 5.74) is 7.64. The van der Waals surface area contributed by atoms with Crippen molar-refractivity contribution in [2.45, 2.75) is 24.9 Å². The van der Waals surface area contributed by atoms with Gasteiger partial charge >= 0.3 is 6.09 Å². The number of hydrogen-bond acceptors (Lipinski definition) is 3. The van der Waals surface area contributed by atoms with Crippen molar-refractivity contribution in [1.29, 1.82) is 0 Å². The second kappa shape index (κ2) is 7.29. The van der Waals surface area contributed by atoms with Crippen molar-refractivity contribution in [2.75, 3.05) is 13.2 Å². The van der Waals surface area contributed by atoms with Crippen molar-refractivity contribution in [3.63, 3.8) is 0 Å². The molecule has 1 amide bonds. The summed E-state index contributed by atoms with van der Waals surface area (Å²) in [6.07, 6.45) is 1.42. The van der Waals surface area contributed by atoms with Gasteiger partial charge in [0.25, 0.3) is 0 Å². The Bertz CT molecular complexity index is 591. The second-order valence-corrected chi connectivity index (χ2v) is 5.89. The van der Waals surface area contributed by atoms with Crippen molar-refractivity contribution in [2.24, 2.45) is 5.73 Å². The molecule has 1 atom stereocenters. The summed E-state index contributed by atoms with van der Waals surface area (Å²) in [4.78, 5) is 13.4. The molecule has 0 bridgehead atoms. The highest BCUT2D eigenvalue weighted by Gasteiger charge is 2.33. The highest BCUT2D eigenvalue weighted by molar-refractivity contribution is 5.64. The predicted octanol–water partition coefficient (Wildman–Crippen LogP) is 3.34. The second-order valence-electron chi connectivity index (χ2n) is 5.89. The van der Waals surface area contributed by atoms with Crippen LogP contribution in [0.25, 0.3) is 0 Å². The monoisotopic (exact) mass is 310 g/mol. The first-order valence-electron chi connectivity index (χ1n) is 8.03. The molecule has 0 spiro atoms. The Balaban J connectivity index is 1.90. The predicted molar refractivity (Wildman–Crippen MR) is 90.0 cm³/mol. The van der Waals surface area contributed by atoms with Crippen molar-refractivity contribution in [1.82, 2.24) is 4.90 Å². The van der Waals surface area contributed by atoms with Gasteiger partial charge in [-0.2, -0.15) is 0 Å². The minimum Gasteiger partial charge on any atom is -0.448 e. The molecule has 2 N–H and O–H groups in total. The summed E-state index contributed by atoms with van der Waals surface area (Å²) in [5.74, 6) is 0. The maximum Gasteiger partial charge on any atom is 0.404 e. The fourth-order valence-corrected chi connectivity index (χ4v) is 3.40. The first-order chi connectivity index (χ1) is 11.3. The minimum atomic E-state index is -0.701. The van der Waals surface area contributed by atoms with Crippen LogP contribution in [-0.2, 0) is 4.74 Å². The summed E-state index contributed by atoms with van der Waals surface area (Å²) in [6.45, 7) is 1.34. The van der Waals surface area contributed by atoms with E-state index in [4.69, 9.17) is 10.5 Å². The Morgan fingerprint density at radius 1 is 1.09 bits per heavy atom. The SMILES string of the molecule is NC(=O)OCC1CCCN1C(c1ccccc1)c1ccccc1. The highest BCUT2D eigenvalue weighted by Crippen LogP contribution is 2.34. The van der Waals surface area contributed by atoms with Crippen LogP contribution in [0.15, 0.2) is 60.7 Å². The van der Waals surface area contributed by atoms with Crippen LogP contribution in [-0.4, -0.2) is 30.2 Å². The van der Waals surface area contributed by atoms with E-state index in [0.29, 0.717) is 6.61 Å². The van der Waals surface area contributed by atoms with Crippen LogP contribution in [0.1, 0.15) is 30.0 Å². The van der Waals surface area contributed by atoms with E-state index in [0.717, 1.165) is 19.4 Å². The molecule has 0 aromatic heterocycles. The number of amides is 1. The molecule has 120 valence electrons. The number of nitrogens with zero attached hydrogens (tertiary/aromatic N) is 1. The maximum absolute atomic E-state index is 11.0. The normalized spacial score (nSPS) is 18.2. The quantitative estimate of drug-likeness (QED) is 0.921. The number of carbonyl (C=O) groups excluding carboxylic acids is 1. The molecular weight excluding hydrogens is 288 g/mol. The smallest absolute Gasteiger partial charge is 0.404 e. The van der Waals surface area contributed by atoms with Gasteiger partial charge in [-0.25, -0.2) is 4.79 Å². The number of rotatable bonds is 5. The van der Waals surface area contributed by atoms with E-state index < -0.39 is 6.09 Å². The Morgan fingerprint density at radius 2 is 1.65 bits per heavy atom. The molecule has 1 heterocycles. The van der Waals surface area contributed by atoms with Crippen LogP contribution >= 0.6 is 0 Å². The van der Waals surface area contributed by atoms with Gasteiger partial charge in [-0.15, -0.1) is 0 Å². The lowest BCUT2D eigenvalue weighted by molar-refractivity contribution is 0.102. The molecule has 1 aliphatic rings. The summed E-state index contributed by atoms with van der Waals surface area (Å²) < 4.78 is 5.08. The summed E-state index contributed by atoms with van der Waals surface area (Å²) in [6, 6.07) is 21.3. The van der Waals surface area contributed by atoms with Gasteiger partial charge in [0.2, 0.25) is 0 Å². The molecule has 1 saturated heterocycles. The van der Waals surface area contributed by atoms with Crippen molar-refractivity contribution in [3.05, 3.63) is 71.8 Å². The van der Waals surface area contributed by atoms with Gasteiger partial charge in [0, 0.05) is 6.04 Å². The van der Waals surface area contributed by atoms with E-state index in [1.807, 2.05) is 12.1 Å². The molecular formula is C19H22N2O2. The average Bonchev–Trinajstić information content (AvgIpc) is 3.03. The van der Waals surface area contributed by atoms with Crippen LogP contribution in [0.2, 0.25) is 0 Å². The maximum atomic E-state index is 11.0. The lowest BCUT2D eigenvalue weighted by Gasteiger charge is -2.33. The number of nitrogens with two attached hydrogens (primary N) is 1. The number of benzene rings is 2. The lowest BCUT2D eigenvalue weighted by atomic mass is 9.96. The summed E-state index contributed by atoms with van der Waals surface area (Å²) >= 11 is 0. The van der Waals surface area contributed by atoms with Gasteiger partial charge in [-0.3, -0.25) is 4.90 Å². The van der Waals surface area contributed by atoms with Crippen molar-refractivity contribution >= 4 is 6.09 Å². The van der Waals surface area contributed by atoms with Gasteiger partial charge in [-0.1, -0.05) is 60.7 Å². The molecule has 1 fully saturated rings. The number of ether oxygens (including phenoxy) is 1. The van der Waals surface area contributed by atoms with E-state index >= 15 is 0 Å². The molecule has 2 aromatic carbocycles. The van der Waals surface area contributed by atoms with Crippen LogP contribution in [0.4, 0.5) is 4.79 Å². The van der Waals surface area contributed by atoms with Crippen LogP contribution in [0, 0.1) is 0 Å². The zero-order valence-corrected chi connectivity index (χ0v) is 13.1. The van der Waals surface area contributed by atoms with Crippen LogP contribution in [0.3, 0.4) is 0 Å². The molecule has 0 aliphatic carbocycles. The van der Waals surface area contributed by atoms with Gasteiger partial charge in [0.15, 0.2) is 0 Å². The molecule has 1 aliphatic heterocycles. The third kappa shape index (κ3) is 3.71. The number of carbonyl (C=O) groups is 1. The Labute approximate surface area is 136 Å². The zero-order valence-electron chi connectivity index (χ0n) is 13.1. The average molecular weight is 310 g/mol. The molecule has 23 heavy (non-hydrogen) atoms. The topological polar surface area (TPSA) is 55.6 Å². The van der Waals surface area contributed by atoms with E-state index in [9.17, 15) is 4.79 Å². The van der Waals surface area contributed by atoms with Gasteiger partial charge < -0.3 is 10.5 Å².